The molecule has 1 aromatic rings. The van der Waals surface area contributed by atoms with Crippen LogP contribution in [0.15, 0.2) is 10.6 Å². The molecule has 21 heavy (non-hydrogen) atoms. The van der Waals surface area contributed by atoms with Crippen molar-refractivity contribution >= 4 is 18.3 Å². The molecule has 6 nitrogen and oxygen atoms in total. The lowest BCUT2D eigenvalue weighted by Crippen LogP contribution is -2.45. The summed E-state index contributed by atoms with van der Waals surface area (Å²) in [6, 6.07) is 2.11. The van der Waals surface area contributed by atoms with Crippen molar-refractivity contribution < 1.29 is 14.1 Å². The van der Waals surface area contributed by atoms with Crippen LogP contribution in [-0.4, -0.2) is 48.3 Å². The number of amides is 1. The molecule has 0 bridgehead atoms. The van der Waals surface area contributed by atoms with Crippen LogP contribution >= 0.6 is 12.4 Å². The van der Waals surface area contributed by atoms with Crippen LogP contribution in [0.2, 0.25) is 0 Å². The van der Waals surface area contributed by atoms with Crippen LogP contribution < -0.4 is 5.32 Å². The molecule has 1 amide bonds. The molecule has 2 atom stereocenters. The Balaban J connectivity index is 0.00000161. The second kappa shape index (κ2) is 7.24. The number of hydrogen-bond acceptors (Lipinski definition) is 5. The van der Waals surface area contributed by atoms with E-state index in [0.717, 1.165) is 44.0 Å². The van der Waals surface area contributed by atoms with Crippen LogP contribution in [0.3, 0.4) is 0 Å². The highest BCUT2D eigenvalue weighted by molar-refractivity contribution is 5.85. The zero-order valence-corrected chi connectivity index (χ0v) is 13.0. The Morgan fingerprint density at radius 3 is 3.10 bits per heavy atom. The SMILES string of the molecule is Cc1cc(C2CCCN2C(=O)CC2COCCN2)on1.Cl. The van der Waals surface area contributed by atoms with Gasteiger partial charge >= 0.3 is 0 Å². The smallest absolute Gasteiger partial charge is 0.224 e. The number of hydrogen-bond donors (Lipinski definition) is 1. The molecule has 0 saturated carbocycles. The van der Waals surface area contributed by atoms with Crippen molar-refractivity contribution in [1.82, 2.24) is 15.4 Å². The first-order valence-corrected chi connectivity index (χ1v) is 7.28. The number of nitrogens with zero attached hydrogens (tertiary/aromatic N) is 2. The van der Waals surface area contributed by atoms with E-state index >= 15 is 0 Å². The van der Waals surface area contributed by atoms with Gasteiger partial charge in [0.1, 0.15) is 0 Å². The number of likely N-dealkylation sites (tertiary alicyclic amines) is 1. The monoisotopic (exact) mass is 315 g/mol. The van der Waals surface area contributed by atoms with Crippen LogP contribution in [0.5, 0.6) is 0 Å². The average molecular weight is 316 g/mol. The first-order valence-electron chi connectivity index (χ1n) is 7.28. The number of rotatable bonds is 3. The summed E-state index contributed by atoms with van der Waals surface area (Å²) in [5.74, 6) is 0.978. The van der Waals surface area contributed by atoms with Crippen molar-refractivity contribution in [2.75, 3.05) is 26.3 Å². The number of ether oxygens (including phenoxy) is 1. The normalized spacial score (nSPS) is 25.7. The zero-order valence-electron chi connectivity index (χ0n) is 12.2. The van der Waals surface area contributed by atoms with E-state index in [1.165, 1.54) is 0 Å². The predicted molar refractivity (Wildman–Crippen MR) is 79.4 cm³/mol. The van der Waals surface area contributed by atoms with E-state index < -0.39 is 0 Å². The molecule has 2 saturated heterocycles. The summed E-state index contributed by atoms with van der Waals surface area (Å²) >= 11 is 0. The van der Waals surface area contributed by atoms with Gasteiger partial charge in [0.15, 0.2) is 5.76 Å². The minimum absolute atomic E-state index is 0. The molecule has 2 fully saturated rings. The molecule has 118 valence electrons. The van der Waals surface area contributed by atoms with Gasteiger partial charge in [0.25, 0.3) is 0 Å². The molecule has 0 aliphatic carbocycles. The van der Waals surface area contributed by atoms with Crippen molar-refractivity contribution in [2.24, 2.45) is 0 Å². The van der Waals surface area contributed by atoms with Crippen molar-refractivity contribution in [2.45, 2.75) is 38.3 Å². The molecule has 2 aliphatic rings. The fraction of sp³-hybridized carbons (Fsp3) is 0.714. The van der Waals surface area contributed by atoms with Crippen LogP contribution in [0.1, 0.15) is 36.8 Å². The van der Waals surface area contributed by atoms with Crippen LogP contribution in [0.4, 0.5) is 0 Å². The Bertz CT molecular complexity index is 474. The molecule has 2 aliphatic heterocycles. The lowest BCUT2D eigenvalue weighted by molar-refractivity contribution is -0.133. The second-order valence-corrected chi connectivity index (χ2v) is 5.55. The highest BCUT2D eigenvalue weighted by atomic mass is 35.5. The maximum atomic E-state index is 12.5. The van der Waals surface area contributed by atoms with Gasteiger partial charge in [-0.1, -0.05) is 5.16 Å². The maximum Gasteiger partial charge on any atom is 0.224 e. The topological polar surface area (TPSA) is 67.6 Å². The van der Waals surface area contributed by atoms with E-state index in [-0.39, 0.29) is 30.4 Å². The van der Waals surface area contributed by atoms with Gasteiger partial charge in [-0.3, -0.25) is 4.79 Å². The van der Waals surface area contributed by atoms with E-state index in [9.17, 15) is 4.79 Å². The van der Waals surface area contributed by atoms with Crippen LogP contribution in [0, 0.1) is 6.92 Å². The van der Waals surface area contributed by atoms with Crippen molar-refractivity contribution in [3.63, 3.8) is 0 Å². The fourth-order valence-corrected chi connectivity index (χ4v) is 2.98. The standard InChI is InChI=1S/C14H21N3O3.ClH/c1-10-7-13(20-16-10)12-3-2-5-17(12)14(18)8-11-9-19-6-4-15-11;/h7,11-12,15H,2-6,8-9H2,1H3;1H. The van der Waals surface area contributed by atoms with Gasteiger partial charge in [-0.2, -0.15) is 0 Å². The third-order valence-electron chi connectivity index (χ3n) is 3.97. The Morgan fingerprint density at radius 2 is 2.43 bits per heavy atom. The quantitative estimate of drug-likeness (QED) is 0.914. The minimum Gasteiger partial charge on any atom is -0.378 e. The Hall–Kier alpha value is -1.11. The van der Waals surface area contributed by atoms with E-state index in [0.29, 0.717) is 13.0 Å². The fourth-order valence-electron chi connectivity index (χ4n) is 2.98. The van der Waals surface area contributed by atoms with Gasteiger partial charge in [0.05, 0.1) is 24.9 Å². The molecule has 1 aromatic heterocycles. The zero-order chi connectivity index (χ0) is 13.9. The second-order valence-electron chi connectivity index (χ2n) is 5.55. The average Bonchev–Trinajstić information content (AvgIpc) is 3.08. The molecule has 0 aromatic carbocycles. The molecule has 1 N–H and O–H groups in total. The molecular weight excluding hydrogens is 294 g/mol. The summed E-state index contributed by atoms with van der Waals surface area (Å²) in [6.07, 6.45) is 2.46. The first kappa shape index (κ1) is 16.3. The maximum absolute atomic E-state index is 12.5. The summed E-state index contributed by atoms with van der Waals surface area (Å²) in [6.45, 7) is 4.87. The lowest BCUT2D eigenvalue weighted by Gasteiger charge is -2.27. The summed E-state index contributed by atoms with van der Waals surface area (Å²) in [5, 5.41) is 7.25. The Labute approximate surface area is 130 Å². The Kier molecular flexibility index (Phi) is 5.61. The van der Waals surface area contributed by atoms with Crippen LogP contribution in [0.25, 0.3) is 0 Å². The number of carbonyl (C=O) groups is 1. The number of nitrogens with one attached hydrogen (secondary N) is 1. The highest BCUT2D eigenvalue weighted by Gasteiger charge is 2.33. The van der Waals surface area contributed by atoms with Crippen molar-refractivity contribution in [1.29, 1.82) is 0 Å². The Morgan fingerprint density at radius 1 is 1.57 bits per heavy atom. The van der Waals surface area contributed by atoms with E-state index in [1.54, 1.807) is 0 Å². The van der Waals surface area contributed by atoms with E-state index in [1.807, 2.05) is 17.9 Å². The number of morpholine rings is 1. The van der Waals surface area contributed by atoms with Gasteiger partial charge in [-0.15, -0.1) is 12.4 Å². The summed E-state index contributed by atoms with van der Waals surface area (Å²) < 4.78 is 10.7. The minimum atomic E-state index is 0. The van der Waals surface area contributed by atoms with Gasteiger partial charge in [-0.25, -0.2) is 0 Å². The molecule has 0 spiro atoms. The molecule has 7 heteroatoms. The highest BCUT2D eigenvalue weighted by Crippen LogP contribution is 2.32. The molecular formula is C14H22ClN3O3. The predicted octanol–water partition coefficient (Wildman–Crippen LogP) is 1.45. The van der Waals surface area contributed by atoms with Gasteiger partial charge < -0.3 is 19.5 Å². The number of carbonyl (C=O) groups excluding carboxylic acids is 1. The van der Waals surface area contributed by atoms with Crippen molar-refractivity contribution in [3.8, 4) is 0 Å². The van der Waals surface area contributed by atoms with Gasteiger partial charge in [0, 0.05) is 31.6 Å². The first-order chi connectivity index (χ1) is 9.74. The molecule has 3 rings (SSSR count). The third-order valence-corrected chi connectivity index (χ3v) is 3.97. The molecule has 2 unspecified atom stereocenters. The number of halogens is 1. The van der Waals surface area contributed by atoms with Crippen LogP contribution in [-0.2, 0) is 9.53 Å². The molecule has 3 heterocycles. The third kappa shape index (κ3) is 3.75. The largest absolute Gasteiger partial charge is 0.378 e. The summed E-state index contributed by atoms with van der Waals surface area (Å²) in [4.78, 5) is 14.4. The summed E-state index contributed by atoms with van der Waals surface area (Å²) in [5.41, 5.74) is 0.863. The van der Waals surface area contributed by atoms with Crippen molar-refractivity contribution in [3.05, 3.63) is 17.5 Å². The van der Waals surface area contributed by atoms with Gasteiger partial charge in [0.2, 0.25) is 5.91 Å². The summed E-state index contributed by atoms with van der Waals surface area (Å²) in [7, 11) is 0. The van der Waals surface area contributed by atoms with Gasteiger partial charge in [-0.05, 0) is 19.8 Å². The van der Waals surface area contributed by atoms with E-state index in [4.69, 9.17) is 9.26 Å². The number of aryl methyl sites for hydroxylation is 1. The number of aromatic nitrogens is 1. The van der Waals surface area contributed by atoms with E-state index in [2.05, 4.69) is 10.5 Å². The lowest BCUT2D eigenvalue weighted by atomic mass is 10.1. The molecule has 0 radical (unpaired) electrons.